The summed E-state index contributed by atoms with van der Waals surface area (Å²) in [7, 11) is 0. The van der Waals surface area contributed by atoms with Gasteiger partial charge in [-0.25, -0.2) is 0 Å². The monoisotopic (exact) mass is 382 g/mol. The molecule has 20 heavy (non-hydrogen) atoms. The summed E-state index contributed by atoms with van der Waals surface area (Å²) in [5.41, 5.74) is 8.07. The molecule has 4 nitrogen and oxygen atoms in total. The highest BCUT2D eigenvalue weighted by atomic mass is 127. The van der Waals surface area contributed by atoms with Crippen molar-refractivity contribution in [3.63, 3.8) is 0 Å². The van der Waals surface area contributed by atoms with Gasteiger partial charge in [-0.1, -0.05) is 6.07 Å². The van der Waals surface area contributed by atoms with Crippen LogP contribution in [0.25, 0.3) is 0 Å². The van der Waals surface area contributed by atoms with Gasteiger partial charge in [-0.3, -0.25) is 4.79 Å². The number of halogens is 1. The van der Waals surface area contributed by atoms with Crippen molar-refractivity contribution < 1.29 is 9.53 Å². The first-order valence-electron chi connectivity index (χ1n) is 6.09. The maximum Gasteiger partial charge on any atom is 0.262 e. The van der Waals surface area contributed by atoms with Gasteiger partial charge in [0.1, 0.15) is 5.75 Å². The van der Waals surface area contributed by atoms with E-state index >= 15 is 0 Å². The summed E-state index contributed by atoms with van der Waals surface area (Å²) < 4.78 is 6.52. The van der Waals surface area contributed by atoms with Gasteiger partial charge in [-0.05, 0) is 65.4 Å². The number of hydrogen-bond acceptors (Lipinski definition) is 3. The molecule has 2 aromatic carbocycles. The number of ether oxygens (including phenoxy) is 1. The maximum absolute atomic E-state index is 11.8. The van der Waals surface area contributed by atoms with Crippen LogP contribution in [0.3, 0.4) is 0 Å². The second-order valence-corrected chi connectivity index (χ2v) is 5.61. The Morgan fingerprint density at radius 2 is 2.10 bits per heavy atom. The van der Waals surface area contributed by atoms with E-state index in [-0.39, 0.29) is 12.5 Å². The number of carbonyl (C=O) groups is 1. The first kappa shape index (κ1) is 14.6. The van der Waals surface area contributed by atoms with Crippen LogP contribution in [-0.4, -0.2) is 12.5 Å². The fourth-order valence-electron chi connectivity index (χ4n) is 1.71. The summed E-state index contributed by atoms with van der Waals surface area (Å²) >= 11 is 2.23. The highest BCUT2D eigenvalue weighted by Crippen LogP contribution is 2.18. The average Bonchev–Trinajstić information content (AvgIpc) is 2.40. The van der Waals surface area contributed by atoms with Crippen molar-refractivity contribution in [3.8, 4) is 5.75 Å². The van der Waals surface area contributed by atoms with Crippen LogP contribution in [0.4, 0.5) is 11.4 Å². The van der Waals surface area contributed by atoms with E-state index in [2.05, 4.69) is 27.9 Å². The number of carbonyl (C=O) groups excluding carboxylic acids is 1. The van der Waals surface area contributed by atoms with E-state index in [4.69, 9.17) is 10.5 Å². The molecule has 0 aliphatic carbocycles. The van der Waals surface area contributed by atoms with Crippen LogP contribution in [0, 0.1) is 10.5 Å². The molecule has 2 aromatic rings. The van der Waals surface area contributed by atoms with Crippen molar-refractivity contribution in [2.24, 2.45) is 0 Å². The molecule has 0 aliphatic rings. The highest BCUT2D eigenvalue weighted by molar-refractivity contribution is 14.1. The Hall–Kier alpha value is -1.76. The molecule has 0 aromatic heterocycles. The number of nitrogens with two attached hydrogens (primary N) is 1. The minimum absolute atomic E-state index is 0.0467. The van der Waals surface area contributed by atoms with E-state index in [0.717, 1.165) is 14.8 Å². The number of amides is 1. The van der Waals surface area contributed by atoms with Crippen LogP contribution < -0.4 is 15.8 Å². The van der Waals surface area contributed by atoms with Gasteiger partial charge < -0.3 is 15.8 Å². The molecule has 0 saturated heterocycles. The predicted molar refractivity (Wildman–Crippen MR) is 88.9 cm³/mol. The molecule has 0 bridgehead atoms. The molecule has 0 aliphatic heterocycles. The zero-order chi connectivity index (χ0) is 14.5. The largest absolute Gasteiger partial charge is 0.484 e. The minimum Gasteiger partial charge on any atom is -0.484 e. The fraction of sp³-hybridized carbons (Fsp3) is 0.133. The fourth-order valence-corrected chi connectivity index (χ4v) is 2.35. The van der Waals surface area contributed by atoms with Gasteiger partial charge in [0.05, 0.1) is 0 Å². The molecule has 5 heteroatoms. The molecule has 0 fully saturated rings. The lowest BCUT2D eigenvalue weighted by Crippen LogP contribution is -2.20. The summed E-state index contributed by atoms with van der Waals surface area (Å²) in [6.45, 7) is 1.91. The molecule has 1 amide bonds. The number of rotatable bonds is 4. The standard InChI is InChI=1S/C15H15IN2O2/c1-10-7-11(16)5-6-14(10)18-15(19)9-20-13-4-2-3-12(17)8-13/h2-8H,9,17H2,1H3,(H,18,19). The molecule has 3 N–H and O–H groups in total. The van der Waals surface area contributed by atoms with Crippen LogP contribution in [-0.2, 0) is 4.79 Å². The predicted octanol–water partition coefficient (Wildman–Crippen LogP) is 3.20. The topological polar surface area (TPSA) is 64.3 Å². The average molecular weight is 382 g/mol. The molecule has 0 spiro atoms. The SMILES string of the molecule is Cc1cc(I)ccc1NC(=O)COc1cccc(N)c1. The third-order valence-electron chi connectivity index (χ3n) is 2.69. The third kappa shape index (κ3) is 4.12. The van der Waals surface area contributed by atoms with Gasteiger partial charge in [0.2, 0.25) is 0 Å². The van der Waals surface area contributed by atoms with E-state index in [0.29, 0.717) is 11.4 Å². The van der Waals surface area contributed by atoms with Gasteiger partial charge >= 0.3 is 0 Å². The quantitative estimate of drug-likeness (QED) is 0.631. The van der Waals surface area contributed by atoms with Crippen LogP contribution >= 0.6 is 22.6 Å². The molecule has 2 rings (SSSR count). The lowest BCUT2D eigenvalue weighted by molar-refractivity contribution is -0.118. The normalized spacial score (nSPS) is 10.1. The Kier molecular flexibility index (Phi) is 4.84. The molecular weight excluding hydrogens is 367 g/mol. The lowest BCUT2D eigenvalue weighted by Gasteiger charge is -2.10. The molecule has 0 atom stereocenters. The van der Waals surface area contributed by atoms with Gasteiger partial charge in [0.25, 0.3) is 5.91 Å². The van der Waals surface area contributed by atoms with Crippen molar-refractivity contribution in [2.75, 3.05) is 17.7 Å². The lowest BCUT2D eigenvalue weighted by atomic mass is 10.2. The number of aryl methyl sites for hydroxylation is 1. The summed E-state index contributed by atoms with van der Waals surface area (Å²) in [6.07, 6.45) is 0. The number of nitrogen functional groups attached to an aromatic ring is 1. The van der Waals surface area contributed by atoms with E-state index in [1.54, 1.807) is 24.3 Å². The summed E-state index contributed by atoms with van der Waals surface area (Å²) in [5, 5.41) is 2.82. The van der Waals surface area contributed by atoms with Crippen molar-refractivity contribution >= 4 is 39.9 Å². The molecule has 0 radical (unpaired) electrons. The Bertz CT molecular complexity index is 629. The summed E-state index contributed by atoms with van der Waals surface area (Å²) in [6, 6.07) is 12.8. The van der Waals surface area contributed by atoms with Gasteiger partial charge in [-0.15, -0.1) is 0 Å². The van der Waals surface area contributed by atoms with Gasteiger partial charge in [-0.2, -0.15) is 0 Å². The maximum atomic E-state index is 11.8. The smallest absolute Gasteiger partial charge is 0.262 e. The highest BCUT2D eigenvalue weighted by Gasteiger charge is 2.06. The Morgan fingerprint density at radius 3 is 2.80 bits per heavy atom. The Balaban J connectivity index is 1.92. The van der Waals surface area contributed by atoms with Crippen molar-refractivity contribution in [1.29, 1.82) is 0 Å². The van der Waals surface area contributed by atoms with Crippen molar-refractivity contribution in [2.45, 2.75) is 6.92 Å². The zero-order valence-electron chi connectivity index (χ0n) is 11.0. The summed E-state index contributed by atoms with van der Waals surface area (Å²) in [4.78, 5) is 11.8. The second kappa shape index (κ2) is 6.60. The number of benzene rings is 2. The Morgan fingerprint density at radius 1 is 1.30 bits per heavy atom. The summed E-state index contributed by atoms with van der Waals surface area (Å²) in [5.74, 6) is 0.385. The number of nitrogens with one attached hydrogen (secondary N) is 1. The minimum atomic E-state index is -0.197. The number of anilines is 2. The number of hydrogen-bond donors (Lipinski definition) is 2. The van der Waals surface area contributed by atoms with Crippen molar-refractivity contribution in [3.05, 3.63) is 51.6 Å². The first-order chi connectivity index (χ1) is 9.54. The van der Waals surface area contributed by atoms with E-state index < -0.39 is 0 Å². The molecule has 104 valence electrons. The second-order valence-electron chi connectivity index (χ2n) is 4.37. The van der Waals surface area contributed by atoms with Crippen molar-refractivity contribution in [1.82, 2.24) is 0 Å². The third-order valence-corrected chi connectivity index (χ3v) is 3.36. The molecule has 0 saturated carbocycles. The Labute approximate surface area is 131 Å². The van der Waals surface area contributed by atoms with Crippen LogP contribution in [0.2, 0.25) is 0 Å². The molecule has 0 heterocycles. The first-order valence-corrected chi connectivity index (χ1v) is 7.17. The van der Waals surface area contributed by atoms with E-state index in [1.165, 1.54) is 0 Å². The van der Waals surface area contributed by atoms with Crippen LogP contribution in [0.5, 0.6) is 5.75 Å². The van der Waals surface area contributed by atoms with Gasteiger partial charge in [0, 0.05) is 21.0 Å². The van der Waals surface area contributed by atoms with Gasteiger partial charge in [0.15, 0.2) is 6.61 Å². The molecular formula is C15H15IN2O2. The van der Waals surface area contributed by atoms with E-state index in [9.17, 15) is 4.79 Å². The van der Waals surface area contributed by atoms with Crippen LogP contribution in [0.1, 0.15) is 5.56 Å². The zero-order valence-corrected chi connectivity index (χ0v) is 13.2. The molecule has 0 unspecified atom stereocenters. The van der Waals surface area contributed by atoms with E-state index in [1.807, 2.05) is 25.1 Å². The van der Waals surface area contributed by atoms with Crippen LogP contribution in [0.15, 0.2) is 42.5 Å².